The third kappa shape index (κ3) is 7.68. The number of amides is 1. The van der Waals surface area contributed by atoms with Crippen molar-refractivity contribution in [2.24, 2.45) is 0 Å². The van der Waals surface area contributed by atoms with E-state index in [1.807, 2.05) is 0 Å². The summed E-state index contributed by atoms with van der Waals surface area (Å²) in [5, 5.41) is 3.18. The van der Waals surface area contributed by atoms with Crippen molar-refractivity contribution in [3.63, 3.8) is 0 Å². The van der Waals surface area contributed by atoms with Gasteiger partial charge < -0.3 is 10.1 Å². The average Bonchev–Trinajstić information content (AvgIpc) is 2.85. The van der Waals surface area contributed by atoms with Gasteiger partial charge in [0.05, 0.1) is 29.9 Å². The second kappa shape index (κ2) is 12.0. The first-order chi connectivity index (χ1) is 17.4. The van der Waals surface area contributed by atoms with Crippen molar-refractivity contribution in [2.45, 2.75) is 11.4 Å². The highest BCUT2D eigenvalue weighted by atomic mass is 35.5. The number of anilines is 1. The standard InChI is InChI=1S/C25H28ClN3O6S2/c1-28(2)37(33,34)24-13-11-23(12-14-24)35-16-15-27-25(30)20-9-7-19(8-10-20)18-29(36(3,31)32)22-6-4-5-21(26)17-22/h4-14,17H,15-16,18H2,1-3H3,(H,27,30). The smallest absolute Gasteiger partial charge is 0.251 e. The molecule has 0 atom stereocenters. The van der Waals surface area contributed by atoms with Gasteiger partial charge in [-0.25, -0.2) is 21.1 Å². The largest absolute Gasteiger partial charge is 0.492 e. The Kier molecular flexibility index (Phi) is 9.19. The number of sulfonamides is 2. The van der Waals surface area contributed by atoms with Crippen LogP contribution in [0.15, 0.2) is 77.7 Å². The minimum Gasteiger partial charge on any atom is -0.492 e. The van der Waals surface area contributed by atoms with E-state index in [1.54, 1.807) is 60.7 Å². The molecule has 0 aliphatic heterocycles. The average molecular weight is 566 g/mol. The van der Waals surface area contributed by atoms with Gasteiger partial charge in [-0.15, -0.1) is 0 Å². The van der Waals surface area contributed by atoms with Gasteiger partial charge >= 0.3 is 0 Å². The summed E-state index contributed by atoms with van der Waals surface area (Å²) in [6, 6.07) is 19.2. The first kappa shape index (κ1) is 28.5. The zero-order chi connectivity index (χ0) is 27.2. The van der Waals surface area contributed by atoms with E-state index in [1.165, 1.54) is 30.5 Å². The van der Waals surface area contributed by atoms with E-state index in [-0.39, 0.29) is 30.5 Å². The van der Waals surface area contributed by atoms with Crippen LogP contribution in [0.1, 0.15) is 15.9 Å². The maximum Gasteiger partial charge on any atom is 0.251 e. The molecule has 3 rings (SSSR count). The molecule has 0 bridgehead atoms. The number of halogens is 1. The van der Waals surface area contributed by atoms with Crippen LogP contribution in [0.25, 0.3) is 0 Å². The van der Waals surface area contributed by atoms with E-state index in [2.05, 4.69) is 5.32 Å². The van der Waals surface area contributed by atoms with E-state index in [0.717, 1.165) is 10.6 Å². The summed E-state index contributed by atoms with van der Waals surface area (Å²) in [6.07, 6.45) is 1.12. The van der Waals surface area contributed by atoms with E-state index in [9.17, 15) is 21.6 Å². The van der Waals surface area contributed by atoms with Crippen molar-refractivity contribution < 1.29 is 26.4 Å². The summed E-state index contributed by atoms with van der Waals surface area (Å²) >= 11 is 6.02. The second-order valence-electron chi connectivity index (χ2n) is 8.31. The molecular formula is C25H28ClN3O6S2. The van der Waals surface area contributed by atoms with Gasteiger partial charge in [0, 0.05) is 24.7 Å². The highest BCUT2D eigenvalue weighted by Crippen LogP contribution is 2.24. The molecule has 0 saturated heterocycles. The maximum atomic E-state index is 12.5. The van der Waals surface area contributed by atoms with E-state index in [4.69, 9.17) is 16.3 Å². The summed E-state index contributed by atoms with van der Waals surface area (Å²) in [4.78, 5) is 12.6. The highest BCUT2D eigenvalue weighted by Gasteiger charge is 2.19. The molecule has 0 unspecified atom stereocenters. The Morgan fingerprint density at radius 1 is 0.946 bits per heavy atom. The third-order valence-electron chi connectivity index (χ3n) is 5.30. The zero-order valence-corrected chi connectivity index (χ0v) is 23.0. The molecule has 198 valence electrons. The number of carbonyl (C=O) groups is 1. The van der Waals surface area contributed by atoms with Gasteiger partial charge in [-0.1, -0.05) is 29.8 Å². The molecule has 0 aliphatic rings. The van der Waals surface area contributed by atoms with Crippen LogP contribution in [0, 0.1) is 0 Å². The molecule has 0 fully saturated rings. The van der Waals surface area contributed by atoms with Crippen molar-refractivity contribution in [3.8, 4) is 5.75 Å². The minimum absolute atomic E-state index is 0.0869. The quantitative estimate of drug-likeness (QED) is 0.357. The minimum atomic E-state index is -3.56. The summed E-state index contributed by atoms with van der Waals surface area (Å²) in [6.45, 7) is 0.505. The summed E-state index contributed by atoms with van der Waals surface area (Å²) in [5.41, 5.74) is 1.56. The van der Waals surface area contributed by atoms with Crippen LogP contribution in [0.5, 0.6) is 5.75 Å². The van der Waals surface area contributed by atoms with Gasteiger partial charge in [0.15, 0.2) is 0 Å². The lowest BCUT2D eigenvalue weighted by Crippen LogP contribution is -2.29. The molecule has 0 aliphatic carbocycles. The van der Waals surface area contributed by atoms with Crippen LogP contribution in [0.2, 0.25) is 5.02 Å². The van der Waals surface area contributed by atoms with E-state index >= 15 is 0 Å². The maximum absolute atomic E-state index is 12.5. The Morgan fingerprint density at radius 2 is 1.59 bits per heavy atom. The highest BCUT2D eigenvalue weighted by molar-refractivity contribution is 7.92. The number of hydrogen-bond donors (Lipinski definition) is 1. The number of carbonyl (C=O) groups excluding carboxylic acids is 1. The first-order valence-corrected chi connectivity index (χ1v) is 14.8. The van der Waals surface area contributed by atoms with E-state index < -0.39 is 20.0 Å². The fraction of sp³-hybridized carbons (Fsp3) is 0.240. The Hall–Kier alpha value is -3.12. The van der Waals surface area contributed by atoms with Crippen LogP contribution in [-0.4, -0.2) is 60.6 Å². The van der Waals surface area contributed by atoms with Crippen LogP contribution < -0.4 is 14.4 Å². The number of benzene rings is 3. The Morgan fingerprint density at radius 3 is 2.16 bits per heavy atom. The zero-order valence-electron chi connectivity index (χ0n) is 20.6. The number of nitrogens with zero attached hydrogens (tertiary/aromatic N) is 2. The lowest BCUT2D eigenvalue weighted by Gasteiger charge is -2.22. The lowest BCUT2D eigenvalue weighted by atomic mass is 10.1. The fourth-order valence-electron chi connectivity index (χ4n) is 3.31. The van der Waals surface area contributed by atoms with Gasteiger partial charge in [-0.3, -0.25) is 9.10 Å². The van der Waals surface area contributed by atoms with Crippen LogP contribution in [0.4, 0.5) is 5.69 Å². The molecule has 0 spiro atoms. The van der Waals surface area contributed by atoms with Crippen LogP contribution >= 0.6 is 11.6 Å². The monoisotopic (exact) mass is 565 g/mol. The second-order valence-corrected chi connectivity index (χ2v) is 12.8. The lowest BCUT2D eigenvalue weighted by molar-refractivity contribution is 0.0947. The number of hydrogen-bond acceptors (Lipinski definition) is 6. The molecule has 12 heteroatoms. The first-order valence-electron chi connectivity index (χ1n) is 11.1. The van der Waals surface area contributed by atoms with Gasteiger partial charge in [-0.2, -0.15) is 0 Å². The van der Waals surface area contributed by atoms with Crippen LogP contribution in [-0.2, 0) is 26.6 Å². The topological polar surface area (TPSA) is 113 Å². The molecule has 9 nitrogen and oxygen atoms in total. The number of ether oxygens (including phenoxy) is 1. The fourth-order valence-corrected chi connectivity index (χ4v) is 5.28. The SMILES string of the molecule is CN(C)S(=O)(=O)c1ccc(OCCNC(=O)c2ccc(CN(c3cccc(Cl)c3)S(C)(=O)=O)cc2)cc1. The molecule has 3 aromatic rings. The molecule has 0 radical (unpaired) electrons. The third-order valence-corrected chi connectivity index (χ3v) is 8.50. The van der Waals surface area contributed by atoms with E-state index in [0.29, 0.717) is 27.6 Å². The summed E-state index contributed by atoms with van der Waals surface area (Å²) < 4.78 is 56.8. The van der Waals surface area contributed by atoms with Gasteiger partial charge in [0.25, 0.3) is 5.91 Å². The van der Waals surface area contributed by atoms with Crippen LogP contribution in [0.3, 0.4) is 0 Å². The number of rotatable bonds is 11. The Balaban J connectivity index is 1.53. The van der Waals surface area contributed by atoms with Crippen molar-refractivity contribution >= 4 is 43.2 Å². The molecule has 0 aromatic heterocycles. The van der Waals surface area contributed by atoms with Crippen molar-refractivity contribution in [1.82, 2.24) is 9.62 Å². The molecular weight excluding hydrogens is 538 g/mol. The molecule has 1 N–H and O–H groups in total. The van der Waals surface area contributed by atoms with Gasteiger partial charge in [0.2, 0.25) is 20.0 Å². The normalized spacial score (nSPS) is 11.8. The van der Waals surface area contributed by atoms with Gasteiger partial charge in [-0.05, 0) is 60.2 Å². The molecule has 0 saturated carbocycles. The predicted molar refractivity (Wildman–Crippen MR) is 144 cm³/mol. The van der Waals surface area contributed by atoms with Crippen molar-refractivity contribution in [3.05, 3.63) is 88.9 Å². The molecule has 37 heavy (non-hydrogen) atoms. The molecule has 0 heterocycles. The summed E-state index contributed by atoms with van der Waals surface area (Å²) in [7, 11) is -4.15. The predicted octanol–water partition coefficient (Wildman–Crippen LogP) is 3.37. The molecule has 3 aromatic carbocycles. The van der Waals surface area contributed by atoms with Crippen molar-refractivity contribution in [2.75, 3.05) is 37.8 Å². The summed E-state index contributed by atoms with van der Waals surface area (Å²) in [5.74, 6) is 0.170. The number of nitrogens with one attached hydrogen (secondary N) is 1. The Bertz CT molecular complexity index is 1440. The Labute approximate surface area is 222 Å². The van der Waals surface area contributed by atoms with Gasteiger partial charge in [0.1, 0.15) is 12.4 Å². The van der Waals surface area contributed by atoms with Crippen molar-refractivity contribution in [1.29, 1.82) is 0 Å². The molecule has 1 amide bonds.